The van der Waals surface area contributed by atoms with Crippen LogP contribution < -0.4 is 0 Å². The summed E-state index contributed by atoms with van der Waals surface area (Å²) in [5, 5.41) is 7.94. The van der Waals surface area contributed by atoms with Crippen LogP contribution in [-0.2, 0) is 22.7 Å². The SMILES string of the molecule is CCCCC(CC)CC1=CS(=O)(=O)C=C1CC(CC)CCCC.CCCCC(CC)Cc1cscc1CC(CC)CCCC. The van der Waals surface area contributed by atoms with Crippen LogP contribution in [0.3, 0.4) is 0 Å². The second-order valence-corrected chi connectivity index (χ2v) is 16.2. The van der Waals surface area contributed by atoms with Crippen LogP contribution in [0.15, 0.2) is 32.7 Å². The Labute approximate surface area is 279 Å². The predicted octanol–water partition coefficient (Wildman–Crippen LogP) is 13.7. The van der Waals surface area contributed by atoms with Crippen LogP contribution in [0.2, 0.25) is 0 Å². The molecule has 4 atom stereocenters. The van der Waals surface area contributed by atoms with Gasteiger partial charge in [0.25, 0.3) is 0 Å². The highest BCUT2D eigenvalue weighted by molar-refractivity contribution is 7.97. The molecule has 2 rings (SSSR count). The van der Waals surface area contributed by atoms with Gasteiger partial charge in [0, 0.05) is 10.8 Å². The Bertz CT molecular complexity index is 943. The van der Waals surface area contributed by atoms with Gasteiger partial charge in [0.05, 0.1) is 0 Å². The van der Waals surface area contributed by atoms with Gasteiger partial charge in [-0.05, 0) is 82.4 Å². The smallest absolute Gasteiger partial charge is 0.193 e. The van der Waals surface area contributed by atoms with Crippen LogP contribution in [0.1, 0.15) is 182 Å². The maximum atomic E-state index is 12.1. The monoisotopic (exact) mass is 648 g/mol. The van der Waals surface area contributed by atoms with Gasteiger partial charge in [0.2, 0.25) is 0 Å². The molecule has 4 heteroatoms. The van der Waals surface area contributed by atoms with Gasteiger partial charge in [0.1, 0.15) is 0 Å². The zero-order chi connectivity index (χ0) is 32.8. The van der Waals surface area contributed by atoms with E-state index in [9.17, 15) is 8.42 Å². The molecule has 4 unspecified atom stereocenters. The quantitative estimate of drug-likeness (QED) is 0.112. The average molecular weight is 649 g/mol. The molecule has 44 heavy (non-hydrogen) atoms. The molecule has 0 saturated carbocycles. The van der Waals surface area contributed by atoms with E-state index >= 15 is 0 Å². The van der Waals surface area contributed by atoms with Gasteiger partial charge in [-0.2, -0.15) is 11.3 Å². The highest BCUT2D eigenvalue weighted by Crippen LogP contribution is 2.36. The standard InChI is InChI=1S/C20H36O2S.C20H36S/c1-5-9-11-17(7-3)13-19-15-23(21,22)16-20(19)14-18(8-4)12-10-6-2;1-5-9-11-17(7-3)13-19-15-21-16-20(19)14-18(8-4)12-10-6-2/h15-18H,5-14H2,1-4H3;15-18H,5-14H2,1-4H3. The number of hydrogen-bond acceptors (Lipinski definition) is 3. The molecule has 0 radical (unpaired) electrons. The second kappa shape index (κ2) is 24.3. The molecule has 0 bridgehead atoms. The molecular formula is C40H72O2S2. The van der Waals surface area contributed by atoms with E-state index in [1.54, 1.807) is 21.9 Å². The maximum absolute atomic E-state index is 12.1. The molecular weight excluding hydrogens is 577 g/mol. The van der Waals surface area contributed by atoms with Crippen LogP contribution in [-0.4, -0.2) is 8.42 Å². The topological polar surface area (TPSA) is 34.1 Å². The van der Waals surface area contributed by atoms with E-state index in [0.29, 0.717) is 11.8 Å². The van der Waals surface area contributed by atoms with E-state index in [-0.39, 0.29) is 0 Å². The number of allylic oxidation sites excluding steroid dienone is 2. The van der Waals surface area contributed by atoms with E-state index in [1.165, 1.54) is 103 Å². The van der Waals surface area contributed by atoms with Crippen LogP contribution in [0.5, 0.6) is 0 Å². The Kier molecular flexibility index (Phi) is 22.8. The fourth-order valence-corrected chi connectivity index (χ4v) is 8.91. The number of rotatable bonds is 24. The fraction of sp³-hybridized carbons (Fsp3) is 0.800. The average Bonchev–Trinajstić information content (AvgIpc) is 3.58. The minimum Gasteiger partial charge on any atom is -0.220 e. The normalized spacial score (nSPS) is 16.9. The van der Waals surface area contributed by atoms with E-state index in [4.69, 9.17) is 0 Å². The lowest BCUT2D eigenvalue weighted by Gasteiger charge is -2.20. The molecule has 1 aromatic heterocycles. The Hall–Kier alpha value is -0.870. The minimum atomic E-state index is -3.12. The molecule has 256 valence electrons. The first-order valence-electron chi connectivity index (χ1n) is 18.9. The van der Waals surface area contributed by atoms with Crippen molar-refractivity contribution in [2.75, 3.05) is 0 Å². The van der Waals surface area contributed by atoms with Crippen molar-refractivity contribution in [3.05, 3.63) is 43.8 Å². The summed E-state index contributed by atoms with van der Waals surface area (Å²) in [5.41, 5.74) is 5.53. The van der Waals surface area contributed by atoms with Gasteiger partial charge in [-0.25, -0.2) is 8.42 Å². The Balaban J connectivity index is 0.000000442. The summed E-state index contributed by atoms with van der Waals surface area (Å²) in [7, 11) is -3.12. The first kappa shape index (κ1) is 41.2. The largest absolute Gasteiger partial charge is 0.220 e. The van der Waals surface area contributed by atoms with E-state index < -0.39 is 9.84 Å². The molecule has 1 aromatic rings. The molecule has 0 fully saturated rings. The van der Waals surface area contributed by atoms with E-state index in [2.05, 4.69) is 66.2 Å². The molecule has 0 amide bonds. The summed E-state index contributed by atoms with van der Waals surface area (Å²) >= 11 is 1.92. The zero-order valence-corrected chi connectivity index (χ0v) is 32.0. The number of hydrogen-bond donors (Lipinski definition) is 0. The molecule has 0 saturated heterocycles. The first-order valence-corrected chi connectivity index (χ1v) is 21.5. The Morgan fingerprint density at radius 1 is 0.500 bits per heavy atom. The lowest BCUT2D eigenvalue weighted by Crippen LogP contribution is -2.08. The van der Waals surface area contributed by atoms with Crippen LogP contribution in [0, 0.1) is 23.7 Å². The van der Waals surface area contributed by atoms with Gasteiger partial charge < -0.3 is 0 Å². The van der Waals surface area contributed by atoms with Crippen molar-refractivity contribution in [3.63, 3.8) is 0 Å². The van der Waals surface area contributed by atoms with Crippen molar-refractivity contribution in [1.82, 2.24) is 0 Å². The first-order chi connectivity index (χ1) is 21.2. The molecule has 2 nitrogen and oxygen atoms in total. The van der Waals surface area contributed by atoms with Crippen molar-refractivity contribution >= 4 is 21.2 Å². The lowest BCUT2D eigenvalue weighted by atomic mass is 9.85. The zero-order valence-electron chi connectivity index (χ0n) is 30.4. The maximum Gasteiger partial charge on any atom is 0.193 e. The number of thiophene rings is 1. The summed E-state index contributed by atoms with van der Waals surface area (Å²) < 4.78 is 24.1. The molecule has 1 aliphatic heterocycles. The molecule has 0 N–H and O–H groups in total. The summed E-state index contributed by atoms with van der Waals surface area (Å²) in [4.78, 5) is 0. The van der Waals surface area contributed by atoms with Crippen molar-refractivity contribution in [3.8, 4) is 0 Å². The van der Waals surface area contributed by atoms with Gasteiger partial charge >= 0.3 is 0 Å². The molecule has 0 spiro atoms. The van der Waals surface area contributed by atoms with Crippen molar-refractivity contribution < 1.29 is 8.42 Å². The van der Waals surface area contributed by atoms with Gasteiger partial charge in [-0.3, -0.25) is 0 Å². The third-order valence-corrected chi connectivity index (χ3v) is 12.1. The number of sulfone groups is 1. The van der Waals surface area contributed by atoms with Crippen molar-refractivity contribution in [2.45, 2.75) is 184 Å². The van der Waals surface area contributed by atoms with Crippen LogP contribution in [0.4, 0.5) is 0 Å². The molecule has 0 aliphatic carbocycles. The Morgan fingerprint density at radius 3 is 1.07 bits per heavy atom. The van der Waals surface area contributed by atoms with E-state index in [1.807, 2.05) is 11.3 Å². The highest BCUT2D eigenvalue weighted by Gasteiger charge is 2.24. The second-order valence-electron chi connectivity index (χ2n) is 13.8. The van der Waals surface area contributed by atoms with Gasteiger partial charge in [0.15, 0.2) is 9.84 Å². The fourth-order valence-electron chi connectivity index (χ4n) is 6.67. The summed E-state index contributed by atoms with van der Waals surface area (Å²) in [5.74, 6) is 3.03. The lowest BCUT2D eigenvalue weighted by molar-refractivity contribution is 0.433. The van der Waals surface area contributed by atoms with Crippen molar-refractivity contribution in [2.24, 2.45) is 23.7 Å². The summed E-state index contributed by atoms with van der Waals surface area (Å²) in [6.07, 6.45) is 25.1. The minimum absolute atomic E-state index is 0.619. The van der Waals surface area contributed by atoms with E-state index in [0.717, 1.165) is 48.7 Å². The molecule has 1 aliphatic rings. The van der Waals surface area contributed by atoms with Gasteiger partial charge in [-0.15, -0.1) is 0 Å². The molecule has 0 aromatic carbocycles. The third kappa shape index (κ3) is 16.6. The van der Waals surface area contributed by atoms with Gasteiger partial charge in [-0.1, -0.05) is 158 Å². The highest BCUT2D eigenvalue weighted by atomic mass is 32.2. The molecule has 2 heterocycles. The number of unbranched alkanes of at least 4 members (excludes halogenated alkanes) is 4. The van der Waals surface area contributed by atoms with Crippen LogP contribution in [0.25, 0.3) is 0 Å². The summed E-state index contributed by atoms with van der Waals surface area (Å²) in [6.45, 7) is 18.2. The predicted molar refractivity (Wildman–Crippen MR) is 199 cm³/mol. The van der Waals surface area contributed by atoms with Crippen LogP contribution >= 0.6 is 11.3 Å². The Morgan fingerprint density at radius 2 is 0.795 bits per heavy atom. The van der Waals surface area contributed by atoms with Crippen molar-refractivity contribution in [1.29, 1.82) is 0 Å². The summed E-state index contributed by atoms with van der Waals surface area (Å²) in [6, 6.07) is 0. The third-order valence-electron chi connectivity index (χ3n) is 10.1.